The zero-order valence-corrected chi connectivity index (χ0v) is 8.69. The average Bonchev–Trinajstić information content (AvgIpc) is 2.35. The van der Waals surface area contributed by atoms with Crippen molar-refractivity contribution in [2.75, 3.05) is 5.33 Å². The molecule has 1 rings (SSSR count). The summed E-state index contributed by atoms with van der Waals surface area (Å²) in [4.78, 5) is 0. The molecule has 0 spiro atoms. The van der Waals surface area contributed by atoms with E-state index in [1.165, 1.54) is 0 Å². The summed E-state index contributed by atoms with van der Waals surface area (Å²) in [7, 11) is 0. The fourth-order valence-corrected chi connectivity index (χ4v) is 1.30. The second-order valence-electron chi connectivity index (χ2n) is 2.76. The Bertz CT molecular complexity index is 242. The number of aryl methyl sites for hydroxylation is 2. The zero-order chi connectivity index (χ0) is 9.14. The molecule has 0 aliphatic rings. The summed E-state index contributed by atoms with van der Waals surface area (Å²) in [5, 5.41) is 4.10. The minimum absolute atomic E-state index is 0.358. The van der Waals surface area contributed by atoms with Gasteiger partial charge in [0, 0.05) is 17.3 Å². The third-order valence-electron chi connectivity index (χ3n) is 1.77. The van der Waals surface area contributed by atoms with Crippen LogP contribution in [-0.4, -0.2) is 16.7 Å². The van der Waals surface area contributed by atoms with Gasteiger partial charge in [-0.05, 0) is 13.8 Å². The number of hydrogen-bond donors (Lipinski definition) is 0. The van der Waals surface area contributed by atoms with E-state index in [2.05, 4.69) is 21.1 Å². The normalized spacial score (nSPS) is 13.3. The highest BCUT2D eigenvalue weighted by Gasteiger charge is 2.13. The van der Waals surface area contributed by atoms with E-state index in [9.17, 15) is 4.39 Å². The van der Waals surface area contributed by atoms with Crippen LogP contribution in [0.3, 0.4) is 0 Å². The minimum atomic E-state index is -0.859. The maximum atomic E-state index is 12.9. The SMILES string of the molecule is Cc1noc(C)c1C[C@H](F)CBr. The summed E-state index contributed by atoms with van der Waals surface area (Å²) < 4.78 is 17.8. The molecular formula is C8H11BrFNO. The molecule has 0 aliphatic carbocycles. The largest absolute Gasteiger partial charge is 0.361 e. The van der Waals surface area contributed by atoms with Gasteiger partial charge in [-0.25, -0.2) is 4.39 Å². The predicted octanol–water partition coefficient (Wildman–Crippen LogP) is 2.57. The molecule has 1 atom stereocenters. The van der Waals surface area contributed by atoms with Crippen molar-refractivity contribution in [3.63, 3.8) is 0 Å². The number of nitrogens with zero attached hydrogens (tertiary/aromatic N) is 1. The van der Waals surface area contributed by atoms with Crippen molar-refractivity contribution in [3.8, 4) is 0 Å². The number of rotatable bonds is 3. The predicted molar refractivity (Wildman–Crippen MR) is 48.4 cm³/mol. The maximum absolute atomic E-state index is 12.9. The molecule has 0 N–H and O–H groups in total. The molecule has 0 unspecified atom stereocenters. The Morgan fingerprint density at radius 2 is 2.25 bits per heavy atom. The van der Waals surface area contributed by atoms with E-state index < -0.39 is 6.17 Å². The second-order valence-corrected chi connectivity index (χ2v) is 3.41. The van der Waals surface area contributed by atoms with Crippen LogP contribution in [0.2, 0.25) is 0 Å². The van der Waals surface area contributed by atoms with Crippen LogP contribution in [0.1, 0.15) is 17.0 Å². The highest BCUT2D eigenvalue weighted by atomic mass is 79.9. The molecule has 1 aromatic heterocycles. The van der Waals surface area contributed by atoms with Gasteiger partial charge in [0.25, 0.3) is 0 Å². The number of aromatic nitrogens is 1. The summed E-state index contributed by atoms with van der Waals surface area (Å²) in [6, 6.07) is 0. The lowest BCUT2D eigenvalue weighted by Gasteiger charge is -2.02. The lowest BCUT2D eigenvalue weighted by molar-refractivity contribution is 0.362. The number of hydrogen-bond acceptors (Lipinski definition) is 2. The van der Waals surface area contributed by atoms with Crippen LogP contribution in [0.25, 0.3) is 0 Å². The zero-order valence-electron chi connectivity index (χ0n) is 7.10. The van der Waals surface area contributed by atoms with Gasteiger partial charge in [0.15, 0.2) is 0 Å². The Morgan fingerprint density at radius 3 is 2.67 bits per heavy atom. The highest BCUT2D eigenvalue weighted by Crippen LogP contribution is 2.16. The van der Waals surface area contributed by atoms with E-state index >= 15 is 0 Å². The van der Waals surface area contributed by atoms with Gasteiger partial charge in [-0.2, -0.15) is 0 Å². The van der Waals surface area contributed by atoms with Gasteiger partial charge in [-0.15, -0.1) is 0 Å². The highest BCUT2D eigenvalue weighted by molar-refractivity contribution is 9.09. The molecule has 0 saturated carbocycles. The van der Waals surface area contributed by atoms with Crippen molar-refractivity contribution in [1.82, 2.24) is 5.16 Å². The van der Waals surface area contributed by atoms with E-state index in [0.717, 1.165) is 17.0 Å². The first-order valence-corrected chi connectivity index (χ1v) is 4.89. The lowest BCUT2D eigenvalue weighted by Crippen LogP contribution is -2.06. The molecule has 0 fully saturated rings. The van der Waals surface area contributed by atoms with Gasteiger partial charge in [0.05, 0.1) is 5.69 Å². The first-order valence-electron chi connectivity index (χ1n) is 3.77. The van der Waals surface area contributed by atoms with Crippen molar-refractivity contribution < 1.29 is 8.91 Å². The van der Waals surface area contributed by atoms with Crippen LogP contribution >= 0.6 is 15.9 Å². The molecule has 0 radical (unpaired) electrons. The molecule has 12 heavy (non-hydrogen) atoms. The van der Waals surface area contributed by atoms with Gasteiger partial charge < -0.3 is 4.52 Å². The summed E-state index contributed by atoms with van der Waals surface area (Å²) >= 11 is 3.08. The van der Waals surface area contributed by atoms with Crippen LogP contribution in [-0.2, 0) is 6.42 Å². The van der Waals surface area contributed by atoms with Gasteiger partial charge >= 0.3 is 0 Å². The van der Waals surface area contributed by atoms with E-state index in [-0.39, 0.29) is 0 Å². The Kier molecular flexibility index (Phi) is 3.26. The van der Waals surface area contributed by atoms with Crippen LogP contribution in [0.4, 0.5) is 4.39 Å². The van der Waals surface area contributed by atoms with Gasteiger partial charge in [-0.3, -0.25) is 0 Å². The van der Waals surface area contributed by atoms with Crippen LogP contribution in [0, 0.1) is 13.8 Å². The maximum Gasteiger partial charge on any atom is 0.137 e. The summed E-state index contributed by atoms with van der Waals surface area (Å²) in [6.07, 6.45) is -0.478. The van der Waals surface area contributed by atoms with E-state index in [4.69, 9.17) is 4.52 Å². The van der Waals surface area contributed by atoms with Crippen LogP contribution in [0.15, 0.2) is 4.52 Å². The summed E-state index contributed by atoms with van der Waals surface area (Å²) in [6.45, 7) is 3.63. The summed E-state index contributed by atoms with van der Waals surface area (Å²) in [5.41, 5.74) is 1.68. The molecule has 0 bridgehead atoms. The fraction of sp³-hybridized carbons (Fsp3) is 0.625. The quantitative estimate of drug-likeness (QED) is 0.754. The molecule has 1 aromatic rings. The Balaban J connectivity index is 2.73. The van der Waals surface area contributed by atoms with Gasteiger partial charge in [-0.1, -0.05) is 21.1 Å². The molecule has 68 valence electrons. The molecule has 2 nitrogen and oxygen atoms in total. The smallest absolute Gasteiger partial charge is 0.137 e. The number of halogens is 2. The van der Waals surface area contributed by atoms with Crippen molar-refractivity contribution >= 4 is 15.9 Å². The van der Waals surface area contributed by atoms with Gasteiger partial charge in [0.1, 0.15) is 11.9 Å². The topological polar surface area (TPSA) is 26.0 Å². The average molecular weight is 236 g/mol. The first-order chi connectivity index (χ1) is 5.65. The molecule has 1 heterocycles. The third-order valence-corrected chi connectivity index (χ3v) is 2.48. The van der Waals surface area contributed by atoms with Crippen LogP contribution in [0.5, 0.6) is 0 Å². The standard InChI is InChI=1S/C8H11BrFNO/c1-5-8(3-7(10)4-9)6(2)12-11-5/h7H,3-4H2,1-2H3/t7-/m0/s1. The van der Waals surface area contributed by atoms with Crippen molar-refractivity contribution in [2.45, 2.75) is 26.4 Å². The van der Waals surface area contributed by atoms with E-state index in [1.54, 1.807) is 6.92 Å². The van der Waals surface area contributed by atoms with Crippen molar-refractivity contribution in [2.24, 2.45) is 0 Å². The Morgan fingerprint density at radius 1 is 1.58 bits per heavy atom. The Labute approximate surface area is 79.3 Å². The van der Waals surface area contributed by atoms with Crippen molar-refractivity contribution in [3.05, 3.63) is 17.0 Å². The molecule has 0 aromatic carbocycles. The van der Waals surface area contributed by atoms with Crippen molar-refractivity contribution in [1.29, 1.82) is 0 Å². The Hall–Kier alpha value is -0.380. The minimum Gasteiger partial charge on any atom is -0.361 e. The molecule has 4 heteroatoms. The monoisotopic (exact) mass is 235 g/mol. The molecular weight excluding hydrogens is 225 g/mol. The van der Waals surface area contributed by atoms with Crippen LogP contribution < -0.4 is 0 Å². The third kappa shape index (κ3) is 2.06. The second kappa shape index (κ2) is 4.03. The molecule has 0 aliphatic heterocycles. The summed E-state index contributed by atoms with van der Waals surface area (Å²) in [5.74, 6) is 0.719. The first kappa shape index (κ1) is 9.71. The molecule has 0 saturated heterocycles. The molecule has 0 amide bonds. The number of alkyl halides is 2. The van der Waals surface area contributed by atoms with E-state index in [1.807, 2.05) is 6.92 Å². The lowest BCUT2D eigenvalue weighted by atomic mass is 10.1. The van der Waals surface area contributed by atoms with E-state index in [0.29, 0.717) is 11.8 Å². The van der Waals surface area contributed by atoms with Gasteiger partial charge in [0.2, 0.25) is 0 Å². The fourth-order valence-electron chi connectivity index (χ4n) is 1.07.